The number of rotatable bonds is 4. The molecule has 12 heavy (non-hydrogen) atoms. The topological polar surface area (TPSA) is 69.6 Å². The van der Waals surface area contributed by atoms with Crippen molar-refractivity contribution in [1.82, 2.24) is 5.32 Å². The Morgan fingerprint density at radius 2 is 2.25 bits per heavy atom. The van der Waals surface area contributed by atoms with Crippen LogP contribution in [-0.4, -0.2) is 34.9 Å². The zero-order valence-electron chi connectivity index (χ0n) is 7.16. The Hall–Kier alpha value is -0.610. The largest absolute Gasteiger partial charge is 0.481 e. The smallest absolute Gasteiger partial charge is 0.307 e. The van der Waals surface area contributed by atoms with Crippen molar-refractivity contribution >= 4 is 5.97 Å². The van der Waals surface area contributed by atoms with E-state index in [0.717, 1.165) is 12.8 Å². The van der Waals surface area contributed by atoms with Crippen LogP contribution in [0.25, 0.3) is 0 Å². The monoisotopic (exact) mass is 173 g/mol. The van der Waals surface area contributed by atoms with Gasteiger partial charge in [0.25, 0.3) is 0 Å². The number of carboxylic acid groups (broad SMARTS) is 1. The highest BCUT2D eigenvalue weighted by Gasteiger charge is 2.27. The maximum atomic E-state index is 10.4. The molecule has 0 saturated heterocycles. The summed E-state index contributed by atoms with van der Waals surface area (Å²) in [5, 5.41) is 20.6. The second-order valence-corrected chi connectivity index (χ2v) is 3.47. The molecule has 4 heteroatoms. The average Bonchev–Trinajstić information content (AvgIpc) is 1.95. The van der Waals surface area contributed by atoms with Gasteiger partial charge in [-0.1, -0.05) is 6.92 Å². The number of carbonyl (C=O) groups is 1. The first-order valence-corrected chi connectivity index (χ1v) is 4.24. The summed E-state index contributed by atoms with van der Waals surface area (Å²) in [6, 6.07) is 0.321. The molecule has 4 nitrogen and oxygen atoms in total. The van der Waals surface area contributed by atoms with Gasteiger partial charge in [-0.25, -0.2) is 0 Å². The zero-order valence-corrected chi connectivity index (χ0v) is 7.16. The average molecular weight is 173 g/mol. The fourth-order valence-corrected chi connectivity index (χ4v) is 1.19. The van der Waals surface area contributed by atoms with Gasteiger partial charge in [0, 0.05) is 12.6 Å². The quantitative estimate of drug-likeness (QED) is 0.551. The molecular formula is C8H15NO3. The summed E-state index contributed by atoms with van der Waals surface area (Å²) >= 11 is 0. The van der Waals surface area contributed by atoms with E-state index in [0.29, 0.717) is 12.6 Å². The summed E-state index contributed by atoms with van der Waals surface area (Å²) in [4.78, 5) is 10.4. The van der Waals surface area contributed by atoms with Gasteiger partial charge in [0.05, 0.1) is 12.0 Å². The first-order valence-electron chi connectivity index (χ1n) is 4.24. The van der Waals surface area contributed by atoms with E-state index in [9.17, 15) is 4.79 Å². The molecule has 70 valence electrons. The van der Waals surface area contributed by atoms with Gasteiger partial charge in [-0.05, 0) is 12.8 Å². The fraction of sp³-hybridized carbons (Fsp3) is 0.875. The van der Waals surface area contributed by atoms with Crippen molar-refractivity contribution in [2.24, 2.45) is 5.92 Å². The van der Waals surface area contributed by atoms with Crippen LogP contribution in [0.1, 0.15) is 19.8 Å². The van der Waals surface area contributed by atoms with E-state index in [1.54, 1.807) is 6.92 Å². The summed E-state index contributed by atoms with van der Waals surface area (Å²) in [5.41, 5.74) is 0. The molecule has 1 unspecified atom stereocenters. The molecule has 1 saturated carbocycles. The molecule has 0 bridgehead atoms. The number of carboxylic acids is 1. The second kappa shape index (κ2) is 3.87. The van der Waals surface area contributed by atoms with Crippen LogP contribution in [0.15, 0.2) is 0 Å². The first kappa shape index (κ1) is 9.48. The number of aliphatic carboxylic acids is 1. The standard InChI is InChI=1S/C8H15NO3/c1-5(8(11)12)4-9-6-2-7(10)3-6/h5-7,9-10H,2-4H2,1H3,(H,11,12). The van der Waals surface area contributed by atoms with E-state index in [1.807, 2.05) is 0 Å². The third-order valence-electron chi connectivity index (χ3n) is 2.25. The van der Waals surface area contributed by atoms with E-state index >= 15 is 0 Å². The number of nitrogens with one attached hydrogen (secondary N) is 1. The molecule has 1 atom stereocenters. The van der Waals surface area contributed by atoms with E-state index in [1.165, 1.54) is 0 Å². The Kier molecular flexibility index (Phi) is 3.05. The van der Waals surface area contributed by atoms with Gasteiger partial charge in [-0.2, -0.15) is 0 Å². The van der Waals surface area contributed by atoms with Crippen LogP contribution in [-0.2, 0) is 4.79 Å². The van der Waals surface area contributed by atoms with Gasteiger partial charge >= 0.3 is 5.97 Å². The van der Waals surface area contributed by atoms with Gasteiger partial charge in [-0.15, -0.1) is 0 Å². The summed E-state index contributed by atoms with van der Waals surface area (Å²) in [7, 11) is 0. The van der Waals surface area contributed by atoms with Crippen molar-refractivity contribution in [3.8, 4) is 0 Å². The predicted molar refractivity (Wildman–Crippen MR) is 43.8 cm³/mol. The van der Waals surface area contributed by atoms with E-state index in [4.69, 9.17) is 10.2 Å². The van der Waals surface area contributed by atoms with Crippen LogP contribution in [0.5, 0.6) is 0 Å². The van der Waals surface area contributed by atoms with Crippen molar-refractivity contribution < 1.29 is 15.0 Å². The van der Waals surface area contributed by atoms with Crippen molar-refractivity contribution in [2.75, 3.05) is 6.54 Å². The fourth-order valence-electron chi connectivity index (χ4n) is 1.19. The lowest BCUT2D eigenvalue weighted by atomic mass is 9.89. The van der Waals surface area contributed by atoms with Crippen LogP contribution >= 0.6 is 0 Å². The normalized spacial score (nSPS) is 30.8. The molecule has 0 heterocycles. The molecule has 0 spiro atoms. The molecule has 1 aliphatic carbocycles. The summed E-state index contributed by atoms with van der Waals surface area (Å²) in [5.74, 6) is -1.12. The number of hydrogen-bond acceptors (Lipinski definition) is 3. The summed E-state index contributed by atoms with van der Waals surface area (Å²) in [6.45, 7) is 2.16. The predicted octanol–water partition coefficient (Wildman–Crippen LogP) is -0.180. The Bertz CT molecular complexity index is 166. The highest BCUT2D eigenvalue weighted by Crippen LogP contribution is 2.19. The lowest BCUT2D eigenvalue weighted by Gasteiger charge is -2.32. The first-order chi connectivity index (χ1) is 5.59. The molecule has 0 aliphatic heterocycles. The van der Waals surface area contributed by atoms with Crippen molar-refractivity contribution in [3.05, 3.63) is 0 Å². The molecule has 0 aromatic carbocycles. The third kappa shape index (κ3) is 2.46. The molecular weight excluding hydrogens is 158 g/mol. The van der Waals surface area contributed by atoms with E-state index in [-0.39, 0.29) is 12.0 Å². The van der Waals surface area contributed by atoms with Gasteiger partial charge in [0.2, 0.25) is 0 Å². The SMILES string of the molecule is CC(CNC1CC(O)C1)C(=O)O. The molecule has 1 fully saturated rings. The number of aliphatic hydroxyl groups is 1. The van der Waals surface area contributed by atoms with Gasteiger partial charge in [0.15, 0.2) is 0 Å². The summed E-state index contributed by atoms with van der Waals surface area (Å²) < 4.78 is 0. The van der Waals surface area contributed by atoms with E-state index in [2.05, 4.69) is 5.32 Å². The zero-order chi connectivity index (χ0) is 9.14. The van der Waals surface area contributed by atoms with Crippen LogP contribution in [0.3, 0.4) is 0 Å². The molecule has 3 N–H and O–H groups in total. The minimum Gasteiger partial charge on any atom is -0.481 e. The van der Waals surface area contributed by atoms with Crippen LogP contribution in [0, 0.1) is 5.92 Å². The van der Waals surface area contributed by atoms with Crippen molar-refractivity contribution in [2.45, 2.75) is 31.9 Å². The Balaban J connectivity index is 2.06. The highest BCUT2D eigenvalue weighted by molar-refractivity contribution is 5.69. The van der Waals surface area contributed by atoms with Crippen molar-refractivity contribution in [3.63, 3.8) is 0 Å². The van der Waals surface area contributed by atoms with Gasteiger partial charge in [0.1, 0.15) is 0 Å². The minimum atomic E-state index is -0.776. The minimum absolute atomic E-state index is 0.178. The third-order valence-corrected chi connectivity index (χ3v) is 2.25. The Morgan fingerprint density at radius 3 is 2.67 bits per heavy atom. The molecule has 0 aromatic heterocycles. The van der Waals surface area contributed by atoms with Crippen LogP contribution in [0.4, 0.5) is 0 Å². The van der Waals surface area contributed by atoms with Crippen LogP contribution < -0.4 is 5.32 Å². The molecule has 1 aliphatic rings. The highest BCUT2D eigenvalue weighted by atomic mass is 16.4. The van der Waals surface area contributed by atoms with Gasteiger partial charge < -0.3 is 15.5 Å². The van der Waals surface area contributed by atoms with Crippen LogP contribution in [0.2, 0.25) is 0 Å². The molecule has 0 aromatic rings. The molecule has 0 radical (unpaired) electrons. The summed E-state index contributed by atoms with van der Waals surface area (Å²) in [6.07, 6.45) is 1.33. The lowest BCUT2D eigenvalue weighted by molar-refractivity contribution is -0.141. The number of hydrogen-bond donors (Lipinski definition) is 3. The molecule has 1 rings (SSSR count). The lowest BCUT2D eigenvalue weighted by Crippen LogP contribution is -2.46. The molecule has 0 amide bonds. The Morgan fingerprint density at radius 1 is 1.67 bits per heavy atom. The van der Waals surface area contributed by atoms with Crippen molar-refractivity contribution in [1.29, 1.82) is 0 Å². The van der Waals surface area contributed by atoms with E-state index < -0.39 is 5.97 Å². The maximum absolute atomic E-state index is 10.4. The van der Waals surface area contributed by atoms with Gasteiger partial charge in [-0.3, -0.25) is 4.79 Å². The maximum Gasteiger partial charge on any atom is 0.307 e. The number of aliphatic hydroxyl groups excluding tert-OH is 1. The Labute approximate surface area is 71.6 Å². The second-order valence-electron chi connectivity index (χ2n) is 3.47.